The van der Waals surface area contributed by atoms with E-state index in [1.807, 2.05) is 0 Å². The Morgan fingerprint density at radius 3 is 2.41 bits per heavy atom. The summed E-state index contributed by atoms with van der Waals surface area (Å²) >= 11 is 6.04. The second-order valence-electron chi connectivity index (χ2n) is 6.08. The molecule has 1 aliphatic rings. The highest BCUT2D eigenvalue weighted by Crippen LogP contribution is 2.39. The van der Waals surface area contributed by atoms with E-state index < -0.39 is 0 Å². The summed E-state index contributed by atoms with van der Waals surface area (Å²) in [6.07, 6.45) is 1.24. The number of hydrogen-bond donors (Lipinski definition) is 0. The predicted molar refractivity (Wildman–Crippen MR) is 74.4 cm³/mol. The van der Waals surface area contributed by atoms with Crippen molar-refractivity contribution < 1.29 is 0 Å². The van der Waals surface area contributed by atoms with Gasteiger partial charge in [0.2, 0.25) is 0 Å². The molecule has 2 heteroatoms. The number of hydrogen-bond acceptors (Lipinski definition) is 1. The van der Waals surface area contributed by atoms with E-state index in [4.69, 9.17) is 11.6 Å². The minimum absolute atomic E-state index is 0.345. The molecule has 1 aliphatic heterocycles. The summed E-state index contributed by atoms with van der Waals surface area (Å²) in [4.78, 5) is 2.56. The van der Waals surface area contributed by atoms with Crippen molar-refractivity contribution in [2.75, 3.05) is 5.88 Å². The van der Waals surface area contributed by atoms with E-state index in [2.05, 4.69) is 56.0 Å². The second-order valence-corrected chi connectivity index (χ2v) is 6.39. The Morgan fingerprint density at radius 1 is 1.24 bits per heavy atom. The third-order valence-electron chi connectivity index (χ3n) is 3.75. The predicted octanol–water partition coefficient (Wildman–Crippen LogP) is 3.91. The van der Waals surface area contributed by atoms with E-state index in [9.17, 15) is 0 Å². The Balaban J connectivity index is 2.06. The van der Waals surface area contributed by atoms with Gasteiger partial charge in [-0.1, -0.05) is 51.1 Å². The molecule has 1 aromatic carbocycles. The summed E-state index contributed by atoms with van der Waals surface area (Å²) in [6.45, 7) is 7.99. The van der Waals surface area contributed by atoms with Crippen LogP contribution in [0.25, 0.3) is 0 Å². The van der Waals surface area contributed by atoms with Gasteiger partial charge < -0.3 is 0 Å². The van der Waals surface area contributed by atoms with E-state index in [1.165, 1.54) is 12.0 Å². The fourth-order valence-corrected chi connectivity index (χ4v) is 2.98. The minimum Gasteiger partial charge on any atom is -0.291 e. The van der Waals surface area contributed by atoms with Gasteiger partial charge in [0.1, 0.15) is 0 Å². The van der Waals surface area contributed by atoms with E-state index in [-0.39, 0.29) is 0 Å². The van der Waals surface area contributed by atoms with Gasteiger partial charge >= 0.3 is 0 Å². The number of halogens is 1. The van der Waals surface area contributed by atoms with Crippen LogP contribution in [0.4, 0.5) is 0 Å². The third kappa shape index (κ3) is 2.83. The molecule has 0 bridgehead atoms. The quantitative estimate of drug-likeness (QED) is 0.737. The Kier molecular flexibility index (Phi) is 3.79. The second kappa shape index (κ2) is 4.99. The largest absolute Gasteiger partial charge is 0.291 e. The zero-order valence-electron chi connectivity index (χ0n) is 11.0. The molecular formula is C15H22ClN. The molecule has 0 N–H and O–H groups in total. The van der Waals surface area contributed by atoms with Gasteiger partial charge in [-0.05, 0) is 17.4 Å². The van der Waals surface area contributed by atoms with Gasteiger partial charge in [0.15, 0.2) is 0 Å². The maximum Gasteiger partial charge on any atom is 0.0380 e. The smallest absolute Gasteiger partial charge is 0.0380 e. The summed E-state index contributed by atoms with van der Waals surface area (Å²) in [5.74, 6) is 0.749. The van der Waals surface area contributed by atoms with Crippen molar-refractivity contribution in [1.29, 1.82) is 0 Å². The zero-order valence-corrected chi connectivity index (χ0v) is 11.7. The highest BCUT2D eigenvalue weighted by molar-refractivity contribution is 6.18. The summed E-state index contributed by atoms with van der Waals surface area (Å²) in [7, 11) is 0. The molecule has 1 heterocycles. The Hall–Kier alpha value is -0.530. The molecule has 1 fully saturated rings. The summed E-state index contributed by atoms with van der Waals surface area (Å²) < 4.78 is 0. The van der Waals surface area contributed by atoms with Gasteiger partial charge in [-0.3, -0.25) is 4.90 Å². The van der Waals surface area contributed by atoms with Crippen LogP contribution >= 0.6 is 11.6 Å². The Morgan fingerprint density at radius 2 is 1.88 bits per heavy atom. The molecule has 2 atom stereocenters. The van der Waals surface area contributed by atoms with Crippen LogP contribution in [0, 0.1) is 5.41 Å². The molecule has 94 valence electrons. The molecule has 0 radical (unpaired) electrons. The van der Waals surface area contributed by atoms with E-state index >= 15 is 0 Å². The summed E-state index contributed by atoms with van der Waals surface area (Å²) in [5.41, 5.74) is 1.73. The molecule has 0 unspecified atom stereocenters. The Labute approximate surface area is 110 Å². The highest BCUT2D eigenvalue weighted by Gasteiger charge is 2.43. The molecule has 0 aliphatic carbocycles. The van der Waals surface area contributed by atoms with Crippen LogP contribution in [0.15, 0.2) is 30.3 Å². The maximum absolute atomic E-state index is 6.04. The first-order valence-corrected chi connectivity index (χ1v) is 6.91. The zero-order chi connectivity index (χ0) is 12.5. The molecular weight excluding hydrogens is 230 g/mol. The molecule has 1 nitrogen and oxygen atoms in total. The van der Waals surface area contributed by atoms with Gasteiger partial charge in [-0.2, -0.15) is 0 Å². The molecule has 0 amide bonds. The molecule has 0 spiro atoms. The first-order chi connectivity index (χ1) is 8.02. The van der Waals surface area contributed by atoms with E-state index in [1.54, 1.807) is 0 Å². The van der Waals surface area contributed by atoms with Crippen molar-refractivity contribution in [2.24, 2.45) is 5.41 Å². The Bertz CT molecular complexity index is 355. The lowest BCUT2D eigenvalue weighted by Crippen LogP contribution is -2.61. The van der Waals surface area contributed by atoms with Crippen molar-refractivity contribution in [2.45, 2.75) is 45.8 Å². The maximum atomic E-state index is 6.04. The van der Waals surface area contributed by atoms with Crippen LogP contribution in [0.1, 0.15) is 32.8 Å². The third-order valence-corrected chi connectivity index (χ3v) is 4.11. The highest BCUT2D eigenvalue weighted by atomic mass is 35.5. The first-order valence-electron chi connectivity index (χ1n) is 6.38. The number of alkyl halides is 1. The van der Waals surface area contributed by atoms with Crippen LogP contribution in [0.3, 0.4) is 0 Å². The standard InChI is InChI=1S/C15H22ClN/c1-15(2,3)14-9-13(10-16)17(14)11-12-7-5-4-6-8-12/h4-8,13-14H,9-11H2,1-3H3/t13-,14+/m0/s1. The van der Waals surface area contributed by atoms with Crippen molar-refractivity contribution in [3.8, 4) is 0 Å². The fourth-order valence-electron chi connectivity index (χ4n) is 2.68. The number of rotatable bonds is 3. The number of nitrogens with zero attached hydrogens (tertiary/aromatic N) is 1. The SMILES string of the molecule is CC(C)(C)[C@H]1C[C@@H](CCl)N1Cc1ccccc1. The van der Waals surface area contributed by atoms with Gasteiger partial charge in [0.05, 0.1) is 0 Å². The number of likely N-dealkylation sites (tertiary alicyclic amines) is 1. The fraction of sp³-hybridized carbons (Fsp3) is 0.600. The summed E-state index contributed by atoms with van der Waals surface area (Å²) in [5, 5.41) is 0. The van der Waals surface area contributed by atoms with Crippen LogP contribution in [0.2, 0.25) is 0 Å². The molecule has 17 heavy (non-hydrogen) atoms. The average molecular weight is 252 g/mol. The molecule has 1 saturated heterocycles. The molecule has 1 aromatic rings. The van der Waals surface area contributed by atoms with Crippen LogP contribution in [-0.2, 0) is 6.54 Å². The lowest BCUT2D eigenvalue weighted by atomic mass is 9.75. The first kappa shape index (κ1) is 12.9. The van der Waals surface area contributed by atoms with Crippen LogP contribution < -0.4 is 0 Å². The normalized spacial score (nSPS) is 25.6. The van der Waals surface area contributed by atoms with E-state index in [0.29, 0.717) is 17.5 Å². The molecule has 2 rings (SSSR count). The van der Waals surface area contributed by atoms with Gasteiger partial charge in [0.25, 0.3) is 0 Å². The minimum atomic E-state index is 0.345. The number of benzene rings is 1. The van der Waals surface area contributed by atoms with Crippen molar-refractivity contribution >= 4 is 11.6 Å². The van der Waals surface area contributed by atoms with Crippen LogP contribution in [-0.4, -0.2) is 22.9 Å². The monoisotopic (exact) mass is 251 g/mol. The van der Waals surface area contributed by atoms with Crippen LogP contribution in [0.5, 0.6) is 0 Å². The van der Waals surface area contributed by atoms with Crippen molar-refractivity contribution in [1.82, 2.24) is 4.90 Å². The molecule has 0 saturated carbocycles. The average Bonchev–Trinajstić information content (AvgIpc) is 2.25. The van der Waals surface area contributed by atoms with E-state index in [0.717, 1.165) is 12.4 Å². The lowest BCUT2D eigenvalue weighted by molar-refractivity contribution is -0.0426. The molecule has 0 aromatic heterocycles. The van der Waals surface area contributed by atoms with Gasteiger partial charge in [-0.15, -0.1) is 11.6 Å². The van der Waals surface area contributed by atoms with Crippen molar-refractivity contribution in [3.05, 3.63) is 35.9 Å². The summed E-state index contributed by atoms with van der Waals surface area (Å²) in [6, 6.07) is 11.9. The van der Waals surface area contributed by atoms with Crippen molar-refractivity contribution in [3.63, 3.8) is 0 Å². The topological polar surface area (TPSA) is 3.24 Å². The van der Waals surface area contributed by atoms with Gasteiger partial charge in [0, 0.05) is 24.5 Å². The lowest BCUT2D eigenvalue weighted by Gasteiger charge is -2.54. The van der Waals surface area contributed by atoms with Gasteiger partial charge in [-0.25, -0.2) is 0 Å².